The Morgan fingerprint density at radius 1 is 1.20 bits per heavy atom. The molecule has 0 aliphatic heterocycles. The Kier molecular flexibility index (Phi) is 3.42. The molecule has 0 aromatic carbocycles. The predicted octanol–water partition coefficient (Wildman–Crippen LogP) is 3.49. The van der Waals surface area contributed by atoms with Crippen LogP contribution in [0, 0.1) is 0 Å². The lowest BCUT2D eigenvalue weighted by molar-refractivity contribution is 0.0119. The second-order valence-electron chi connectivity index (χ2n) is 5.75. The van der Waals surface area contributed by atoms with Gasteiger partial charge in [-0.25, -0.2) is 9.97 Å². The van der Waals surface area contributed by atoms with Crippen LogP contribution in [0.25, 0.3) is 10.2 Å². The van der Waals surface area contributed by atoms with Crippen LogP contribution in [0.15, 0.2) is 0 Å². The molecule has 1 aliphatic carbocycles. The van der Waals surface area contributed by atoms with Gasteiger partial charge in [-0.1, -0.05) is 0 Å². The molecule has 0 amide bonds. The number of anilines is 1. The van der Waals surface area contributed by atoms with Crippen molar-refractivity contribution in [3.8, 4) is 0 Å². The van der Waals surface area contributed by atoms with Crippen LogP contribution in [0.2, 0.25) is 0 Å². The molecule has 0 spiro atoms. The van der Waals surface area contributed by atoms with Crippen LogP contribution in [0.5, 0.6) is 0 Å². The van der Waals surface area contributed by atoms with Crippen molar-refractivity contribution < 1.29 is 4.74 Å². The number of nitrogens with one attached hydrogen (secondary N) is 1. The van der Waals surface area contributed by atoms with Gasteiger partial charge in [0.2, 0.25) is 0 Å². The lowest BCUT2D eigenvalue weighted by Gasteiger charge is -2.21. The van der Waals surface area contributed by atoms with E-state index in [1.54, 1.807) is 7.11 Å². The van der Waals surface area contributed by atoms with Gasteiger partial charge in [0.05, 0.1) is 5.39 Å². The predicted molar refractivity (Wildman–Crippen MR) is 83.6 cm³/mol. The molecule has 1 N–H and O–H groups in total. The summed E-state index contributed by atoms with van der Waals surface area (Å²) >= 11 is 1.82. The molecule has 0 radical (unpaired) electrons. The van der Waals surface area contributed by atoms with Gasteiger partial charge in [0, 0.05) is 19.0 Å². The van der Waals surface area contributed by atoms with Gasteiger partial charge >= 0.3 is 0 Å². The fourth-order valence-electron chi connectivity index (χ4n) is 2.70. The van der Waals surface area contributed by atoms with Crippen molar-refractivity contribution in [2.75, 3.05) is 19.5 Å². The average molecular weight is 291 g/mol. The maximum Gasteiger partial charge on any atom is 0.163 e. The molecule has 0 atom stereocenters. The number of nitrogens with zero attached hydrogens (tertiary/aromatic N) is 2. The van der Waals surface area contributed by atoms with Crippen molar-refractivity contribution in [2.24, 2.45) is 0 Å². The van der Waals surface area contributed by atoms with Gasteiger partial charge in [-0.2, -0.15) is 0 Å². The summed E-state index contributed by atoms with van der Waals surface area (Å²) in [5.74, 6) is 1.69. The van der Waals surface area contributed by atoms with Crippen molar-refractivity contribution >= 4 is 27.4 Å². The summed E-state index contributed by atoms with van der Waals surface area (Å²) in [6.45, 7) is 4.00. The fourth-order valence-corrected chi connectivity index (χ4v) is 3.96. The highest BCUT2D eigenvalue weighted by atomic mass is 32.1. The normalized spacial score (nSPS) is 15.4. The number of thiophene rings is 1. The lowest BCUT2D eigenvalue weighted by Crippen LogP contribution is -2.23. The number of ether oxygens (including phenoxy) is 1. The second-order valence-corrected chi connectivity index (χ2v) is 6.83. The summed E-state index contributed by atoms with van der Waals surface area (Å²) in [6.07, 6.45) is 4.90. The van der Waals surface area contributed by atoms with E-state index in [2.05, 4.69) is 5.32 Å². The minimum atomic E-state index is -0.468. The zero-order valence-electron chi connectivity index (χ0n) is 12.5. The Bertz CT molecular complexity index is 648. The third-order valence-corrected chi connectivity index (χ3v) is 5.29. The first-order chi connectivity index (χ1) is 9.56. The third-order valence-electron chi connectivity index (χ3n) is 4.10. The van der Waals surface area contributed by atoms with Gasteiger partial charge in [0.1, 0.15) is 16.2 Å². The molecular formula is C15H21N3OS. The zero-order valence-corrected chi connectivity index (χ0v) is 13.4. The Morgan fingerprint density at radius 3 is 2.65 bits per heavy atom. The van der Waals surface area contributed by atoms with Crippen LogP contribution in [-0.2, 0) is 23.2 Å². The molecule has 2 aromatic heterocycles. The van der Waals surface area contributed by atoms with Crippen molar-refractivity contribution in [1.82, 2.24) is 9.97 Å². The van der Waals surface area contributed by atoms with E-state index in [1.165, 1.54) is 35.1 Å². The minimum absolute atomic E-state index is 0.468. The average Bonchev–Trinajstić information content (AvgIpc) is 2.84. The molecule has 0 fully saturated rings. The molecule has 2 aromatic rings. The van der Waals surface area contributed by atoms with E-state index in [0.29, 0.717) is 0 Å². The monoisotopic (exact) mass is 291 g/mol. The van der Waals surface area contributed by atoms with Crippen molar-refractivity contribution in [1.29, 1.82) is 0 Å². The molecule has 2 heterocycles. The SMILES string of the molecule is CNc1nc(C(C)(C)OC)nc2sc3c(c12)CCCC3. The number of aryl methyl sites for hydroxylation is 2. The molecule has 0 saturated heterocycles. The summed E-state index contributed by atoms with van der Waals surface area (Å²) in [5.41, 5.74) is 0.993. The summed E-state index contributed by atoms with van der Waals surface area (Å²) in [6, 6.07) is 0. The molecule has 0 bridgehead atoms. The molecule has 5 heteroatoms. The van der Waals surface area contributed by atoms with Gasteiger partial charge in [-0.05, 0) is 45.1 Å². The first kappa shape index (κ1) is 13.8. The van der Waals surface area contributed by atoms with Gasteiger partial charge in [0.25, 0.3) is 0 Å². The van der Waals surface area contributed by atoms with Gasteiger partial charge in [-0.3, -0.25) is 0 Å². The molecule has 0 saturated carbocycles. The van der Waals surface area contributed by atoms with Crippen molar-refractivity contribution in [3.05, 3.63) is 16.3 Å². The van der Waals surface area contributed by atoms with Crippen LogP contribution >= 0.6 is 11.3 Å². The van der Waals surface area contributed by atoms with Crippen LogP contribution in [-0.4, -0.2) is 24.1 Å². The number of methoxy groups -OCH3 is 1. The topological polar surface area (TPSA) is 47.0 Å². The van der Waals surface area contributed by atoms with Gasteiger partial charge in [-0.15, -0.1) is 11.3 Å². The highest BCUT2D eigenvalue weighted by Crippen LogP contribution is 2.39. The van der Waals surface area contributed by atoms with Crippen LogP contribution in [0.3, 0.4) is 0 Å². The van der Waals surface area contributed by atoms with E-state index in [-0.39, 0.29) is 0 Å². The van der Waals surface area contributed by atoms with E-state index < -0.39 is 5.60 Å². The van der Waals surface area contributed by atoms with Crippen LogP contribution in [0.4, 0.5) is 5.82 Å². The highest BCUT2D eigenvalue weighted by Gasteiger charge is 2.27. The van der Waals surface area contributed by atoms with Crippen LogP contribution in [0.1, 0.15) is 43.0 Å². The molecule has 4 nitrogen and oxygen atoms in total. The molecule has 0 unspecified atom stereocenters. The third kappa shape index (κ3) is 2.09. The van der Waals surface area contributed by atoms with Gasteiger partial charge in [0.15, 0.2) is 5.82 Å². The van der Waals surface area contributed by atoms with Gasteiger partial charge < -0.3 is 10.1 Å². The lowest BCUT2D eigenvalue weighted by atomic mass is 9.97. The van der Waals surface area contributed by atoms with Crippen LogP contribution < -0.4 is 5.32 Å². The molecule has 1 aliphatic rings. The maximum atomic E-state index is 5.53. The van der Waals surface area contributed by atoms with E-state index >= 15 is 0 Å². The summed E-state index contributed by atoms with van der Waals surface area (Å²) in [5, 5.41) is 4.47. The Balaban J connectivity index is 2.25. The first-order valence-corrected chi connectivity index (χ1v) is 7.94. The summed E-state index contributed by atoms with van der Waals surface area (Å²) < 4.78 is 5.53. The number of hydrogen-bond donors (Lipinski definition) is 1. The Morgan fingerprint density at radius 2 is 1.95 bits per heavy atom. The fraction of sp³-hybridized carbons (Fsp3) is 0.600. The number of fused-ring (bicyclic) bond motifs is 3. The number of aromatic nitrogens is 2. The standard InChI is InChI=1S/C15H21N3OS/c1-15(2,19-4)14-17-12(16-3)11-9-7-5-6-8-10(9)20-13(11)18-14/h5-8H2,1-4H3,(H,16,17,18). The number of hydrogen-bond acceptors (Lipinski definition) is 5. The summed E-state index contributed by atoms with van der Waals surface area (Å²) in [7, 11) is 3.63. The maximum absolute atomic E-state index is 5.53. The number of rotatable bonds is 3. The first-order valence-electron chi connectivity index (χ1n) is 7.12. The molecule has 3 rings (SSSR count). The van der Waals surface area contributed by atoms with Crippen molar-refractivity contribution in [2.45, 2.75) is 45.1 Å². The molecule has 108 valence electrons. The zero-order chi connectivity index (χ0) is 14.3. The highest BCUT2D eigenvalue weighted by molar-refractivity contribution is 7.19. The second kappa shape index (κ2) is 4.97. The quantitative estimate of drug-likeness (QED) is 0.940. The summed E-state index contributed by atoms with van der Waals surface area (Å²) in [4.78, 5) is 12.1. The van der Waals surface area contributed by atoms with Crippen molar-refractivity contribution in [3.63, 3.8) is 0 Å². The minimum Gasteiger partial charge on any atom is -0.372 e. The smallest absolute Gasteiger partial charge is 0.163 e. The molecule has 20 heavy (non-hydrogen) atoms. The largest absolute Gasteiger partial charge is 0.372 e. The van der Waals surface area contributed by atoms with E-state index in [4.69, 9.17) is 14.7 Å². The van der Waals surface area contributed by atoms with E-state index in [9.17, 15) is 0 Å². The Labute approximate surface area is 123 Å². The molecular weight excluding hydrogens is 270 g/mol. The van der Waals surface area contributed by atoms with E-state index in [1.807, 2.05) is 32.2 Å². The Hall–Kier alpha value is -1.20. The van der Waals surface area contributed by atoms with E-state index in [0.717, 1.165) is 22.9 Å².